The number of hydrogen-bond acceptors (Lipinski definition) is 4. The van der Waals surface area contributed by atoms with Crippen LogP contribution in [0.5, 0.6) is 5.75 Å². The molecule has 152 valence electrons. The molecule has 5 nitrogen and oxygen atoms in total. The number of aromatic nitrogens is 1. The third kappa shape index (κ3) is 3.83. The summed E-state index contributed by atoms with van der Waals surface area (Å²) >= 11 is 0. The predicted octanol–water partition coefficient (Wildman–Crippen LogP) is 4.26. The van der Waals surface area contributed by atoms with Crippen molar-refractivity contribution < 1.29 is 32.6 Å². The molecule has 0 aliphatic heterocycles. The predicted molar refractivity (Wildman–Crippen MR) is 99.3 cm³/mol. The summed E-state index contributed by atoms with van der Waals surface area (Å²) < 4.78 is 47.0. The third-order valence-electron chi connectivity index (χ3n) is 4.56. The molecule has 0 aliphatic carbocycles. The number of carbonyl (C=O) groups is 2. The lowest BCUT2D eigenvalue weighted by Crippen LogP contribution is -2.15. The molecule has 0 radical (unpaired) electrons. The second kappa shape index (κ2) is 7.98. The van der Waals surface area contributed by atoms with Crippen LogP contribution in [0, 0.1) is 24.4 Å². The minimum atomic E-state index is -1.20. The number of benzene rings is 2. The van der Waals surface area contributed by atoms with Crippen LogP contribution >= 0.6 is 0 Å². The Morgan fingerprint density at radius 1 is 1.07 bits per heavy atom. The van der Waals surface area contributed by atoms with Crippen LogP contribution in [0.2, 0.25) is 0 Å². The summed E-state index contributed by atoms with van der Waals surface area (Å²) in [6, 6.07) is 4.75. The maximum atomic E-state index is 14.0. The largest absolute Gasteiger partial charge is 0.505 e. The fourth-order valence-electron chi connectivity index (χ4n) is 3.14. The van der Waals surface area contributed by atoms with Gasteiger partial charge >= 0.3 is 5.97 Å². The van der Waals surface area contributed by atoms with Gasteiger partial charge < -0.3 is 9.84 Å². The Labute approximate surface area is 164 Å². The number of esters is 1. The van der Waals surface area contributed by atoms with Gasteiger partial charge in [-0.25, -0.2) is 13.2 Å². The maximum Gasteiger partial charge on any atom is 0.310 e. The van der Waals surface area contributed by atoms with Crippen molar-refractivity contribution in [1.29, 1.82) is 0 Å². The Balaban J connectivity index is 2.17. The molecule has 3 aromatic rings. The second-order valence-corrected chi connectivity index (χ2v) is 6.55. The van der Waals surface area contributed by atoms with E-state index in [1.54, 1.807) is 0 Å². The molecule has 2 aromatic carbocycles. The number of nitrogens with zero attached hydrogens (tertiary/aromatic N) is 1. The average Bonchev–Trinajstić information content (AvgIpc) is 2.93. The van der Waals surface area contributed by atoms with Gasteiger partial charge in [0.2, 0.25) is 0 Å². The SMILES string of the molecule is CCCOC(=O)Cc1c(C)n(C(=O)c2ccc(F)c(F)c2)c2cc(F)c(O)cc12. The zero-order valence-corrected chi connectivity index (χ0v) is 15.8. The van der Waals surface area contributed by atoms with Gasteiger partial charge in [-0.05, 0) is 43.2 Å². The van der Waals surface area contributed by atoms with Crippen LogP contribution in [0.3, 0.4) is 0 Å². The van der Waals surface area contributed by atoms with Gasteiger partial charge in [0.25, 0.3) is 5.91 Å². The van der Waals surface area contributed by atoms with Gasteiger partial charge in [-0.15, -0.1) is 0 Å². The number of aromatic hydroxyl groups is 1. The second-order valence-electron chi connectivity index (χ2n) is 6.55. The van der Waals surface area contributed by atoms with Crippen LogP contribution in [-0.2, 0) is 16.0 Å². The number of ether oxygens (including phenoxy) is 1. The van der Waals surface area contributed by atoms with Crippen molar-refractivity contribution in [3.63, 3.8) is 0 Å². The van der Waals surface area contributed by atoms with Crippen molar-refractivity contribution in [2.45, 2.75) is 26.7 Å². The fourth-order valence-corrected chi connectivity index (χ4v) is 3.14. The van der Waals surface area contributed by atoms with Crippen molar-refractivity contribution >= 4 is 22.8 Å². The number of hydrogen-bond donors (Lipinski definition) is 1. The molecule has 1 N–H and O–H groups in total. The van der Waals surface area contributed by atoms with Crippen molar-refractivity contribution in [2.24, 2.45) is 0 Å². The van der Waals surface area contributed by atoms with Gasteiger partial charge in [-0.1, -0.05) is 6.92 Å². The number of carbonyl (C=O) groups excluding carboxylic acids is 2. The van der Waals surface area contributed by atoms with Crippen molar-refractivity contribution in [1.82, 2.24) is 4.57 Å². The van der Waals surface area contributed by atoms with E-state index in [0.29, 0.717) is 17.7 Å². The quantitative estimate of drug-likeness (QED) is 0.644. The monoisotopic (exact) mass is 405 g/mol. The molecule has 29 heavy (non-hydrogen) atoms. The van der Waals surface area contributed by atoms with E-state index < -0.39 is 35.1 Å². The highest BCUT2D eigenvalue weighted by molar-refractivity contribution is 6.05. The highest BCUT2D eigenvalue weighted by Crippen LogP contribution is 2.32. The third-order valence-corrected chi connectivity index (χ3v) is 4.56. The number of halogens is 3. The van der Waals surface area contributed by atoms with Crippen LogP contribution in [0.1, 0.15) is 35.0 Å². The molecule has 1 heterocycles. The molecule has 1 aromatic heterocycles. The van der Waals surface area contributed by atoms with E-state index in [0.717, 1.165) is 34.9 Å². The lowest BCUT2D eigenvalue weighted by Gasteiger charge is -2.08. The molecular formula is C21H18F3NO4. The van der Waals surface area contributed by atoms with Gasteiger partial charge in [-0.3, -0.25) is 14.2 Å². The minimum absolute atomic E-state index is 0.0887. The molecular weight excluding hydrogens is 387 g/mol. The summed E-state index contributed by atoms with van der Waals surface area (Å²) in [5.41, 5.74) is 0.601. The zero-order chi connectivity index (χ0) is 21.3. The van der Waals surface area contributed by atoms with Crippen molar-refractivity contribution in [3.05, 3.63) is 64.6 Å². The summed E-state index contributed by atoms with van der Waals surface area (Å²) in [6.45, 7) is 3.60. The Bertz CT molecular complexity index is 1120. The van der Waals surface area contributed by atoms with E-state index >= 15 is 0 Å². The van der Waals surface area contributed by atoms with Crippen LogP contribution in [0.15, 0.2) is 30.3 Å². The molecule has 0 bridgehead atoms. The molecule has 0 saturated carbocycles. The first kappa shape index (κ1) is 20.4. The first-order chi connectivity index (χ1) is 13.7. The topological polar surface area (TPSA) is 68.5 Å². The van der Waals surface area contributed by atoms with Gasteiger partial charge in [-0.2, -0.15) is 0 Å². The standard InChI is InChI=1S/C21H18F3NO4/c1-3-6-29-20(27)9-13-11(2)25(18-10-17(24)19(26)8-14(13)18)21(28)12-4-5-15(22)16(23)7-12/h4-5,7-8,10,26H,3,6,9H2,1-2H3. The molecule has 0 fully saturated rings. The van der Waals surface area contributed by atoms with Crippen LogP contribution in [-0.4, -0.2) is 28.2 Å². The Morgan fingerprint density at radius 2 is 1.79 bits per heavy atom. The molecule has 0 amide bonds. The smallest absolute Gasteiger partial charge is 0.310 e. The first-order valence-corrected chi connectivity index (χ1v) is 8.92. The molecule has 3 rings (SSSR count). The Morgan fingerprint density at radius 3 is 2.45 bits per heavy atom. The molecule has 0 saturated heterocycles. The number of fused-ring (bicyclic) bond motifs is 1. The minimum Gasteiger partial charge on any atom is -0.505 e. The number of phenolic OH excluding ortho intramolecular Hbond substituents is 1. The zero-order valence-electron chi connectivity index (χ0n) is 15.8. The molecule has 0 atom stereocenters. The molecule has 0 unspecified atom stereocenters. The van der Waals surface area contributed by atoms with E-state index in [4.69, 9.17) is 4.74 Å². The summed E-state index contributed by atoms with van der Waals surface area (Å²) in [6.07, 6.45) is 0.429. The normalized spacial score (nSPS) is 11.1. The van der Waals surface area contributed by atoms with Crippen LogP contribution < -0.4 is 0 Å². The number of rotatable bonds is 5. The van der Waals surface area contributed by atoms with Gasteiger partial charge in [0, 0.05) is 22.7 Å². The van der Waals surface area contributed by atoms with Crippen LogP contribution in [0.4, 0.5) is 13.2 Å². The Kier molecular flexibility index (Phi) is 5.63. The van der Waals surface area contributed by atoms with E-state index in [9.17, 15) is 27.9 Å². The summed E-state index contributed by atoms with van der Waals surface area (Å²) in [4.78, 5) is 25.1. The fraction of sp³-hybridized carbons (Fsp3) is 0.238. The molecule has 0 aliphatic rings. The highest BCUT2D eigenvalue weighted by atomic mass is 19.2. The van der Waals surface area contributed by atoms with Crippen LogP contribution in [0.25, 0.3) is 10.9 Å². The summed E-state index contributed by atoms with van der Waals surface area (Å²) in [5, 5.41) is 10.0. The summed E-state index contributed by atoms with van der Waals surface area (Å²) in [7, 11) is 0. The lowest BCUT2D eigenvalue weighted by atomic mass is 10.1. The first-order valence-electron chi connectivity index (χ1n) is 8.92. The summed E-state index contributed by atoms with van der Waals surface area (Å²) in [5.74, 6) is -5.18. The highest BCUT2D eigenvalue weighted by Gasteiger charge is 2.24. The maximum absolute atomic E-state index is 14.0. The van der Waals surface area contributed by atoms with Gasteiger partial charge in [0.15, 0.2) is 23.2 Å². The van der Waals surface area contributed by atoms with Gasteiger partial charge in [0.1, 0.15) is 0 Å². The lowest BCUT2D eigenvalue weighted by molar-refractivity contribution is -0.142. The molecule has 8 heteroatoms. The average molecular weight is 405 g/mol. The number of phenols is 1. The van der Waals surface area contributed by atoms with Crippen molar-refractivity contribution in [2.75, 3.05) is 6.61 Å². The van der Waals surface area contributed by atoms with Gasteiger partial charge in [0.05, 0.1) is 18.5 Å². The van der Waals surface area contributed by atoms with E-state index in [1.807, 2.05) is 6.92 Å². The van der Waals surface area contributed by atoms with E-state index in [1.165, 1.54) is 6.92 Å². The Hall–Kier alpha value is -3.29. The van der Waals surface area contributed by atoms with Crippen molar-refractivity contribution in [3.8, 4) is 5.75 Å². The van der Waals surface area contributed by atoms with E-state index in [-0.39, 0.29) is 29.5 Å². The molecule has 0 spiro atoms. The van der Waals surface area contributed by atoms with E-state index in [2.05, 4.69) is 0 Å².